The number of hydrogen-bond acceptors (Lipinski definition) is 7. The van der Waals surface area contributed by atoms with Crippen molar-refractivity contribution < 1.29 is 28.5 Å². The Hall–Kier alpha value is -2.02. The van der Waals surface area contributed by atoms with Gasteiger partial charge in [0, 0.05) is 53.1 Å². The smallest absolute Gasteiger partial charge is 0.325 e. The molecule has 4 heterocycles. The number of aromatic nitrogens is 1. The van der Waals surface area contributed by atoms with Crippen molar-refractivity contribution >= 4 is 34.4 Å². The number of pyridine rings is 1. The van der Waals surface area contributed by atoms with E-state index in [1.807, 2.05) is 29.2 Å². The van der Waals surface area contributed by atoms with Crippen LogP contribution < -0.4 is 10.1 Å². The summed E-state index contributed by atoms with van der Waals surface area (Å²) in [4.78, 5) is 19.3. The lowest BCUT2D eigenvalue weighted by Crippen LogP contribution is -2.34. The fourth-order valence-electron chi connectivity index (χ4n) is 6.48. The molecular formula is C32H43FIN3O5. The summed E-state index contributed by atoms with van der Waals surface area (Å²) in [6, 6.07) is 7.11. The number of ether oxygens (including phenoxy) is 3. The van der Waals surface area contributed by atoms with Gasteiger partial charge in [-0.05, 0) is 104 Å². The zero-order valence-corrected chi connectivity index (χ0v) is 26.6. The van der Waals surface area contributed by atoms with E-state index < -0.39 is 18.2 Å². The second kappa shape index (κ2) is 15.1. The van der Waals surface area contributed by atoms with Crippen molar-refractivity contribution in [2.24, 2.45) is 5.92 Å². The number of hydrogen-bond donors (Lipinski definition) is 2. The van der Waals surface area contributed by atoms with Crippen LogP contribution >= 0.6 is 22.6 Å². The SMILES string of the molecule is COc1cc(CCCC[C@@H](F)C2CCN([C@@H](C(=O)O)c3cc(I)ccc3COC3CCOCC3)C2)nc2c1CCCN2. The number of anilines is 1. The number of likely N-dealkylation sites (tertiary alicyclic amines) is 1. The van der Waals surface area contributed by atoms with Crippen molar-refractivity contribution in [2.75, 3.05) is 45.3 Å². The maximum absolute atomic E-state index is 15.4. The first-order valence-electron chi connectivity index (χ1n) is 15.3. The minimum atomic E-state index is -0.954. The van der Waals surface area contributed by atoms with Crippen molar-refractivity contribution in [1.29, 1.82) is 0 Å². The first kappa shape index (κ1) is 31.4. The number of carboxylic acid groups (broad SMARTS) is 1. The zero-order valence-electron chi connectivity index (χ0n) is 24.5. The number of aliphatic carboxylic acids is 1. The molecule has 1 unspecified atom stereocenters. The van der Waals surface area contributed by atoms with Gasteiger partial charge in [0.2, 0.25) is 0 Å². The second-order valence-electron chi connectivity index (χ2n) is 11.7. The van der Waals surface area contributed by atoms with Gasteiger partial charge in [0.15, 0.2) is 0 Å². The molecule has 10 heteroatoms. The largest absolute Gasteiger partial charge is 0.496 e. The lowest BCUT2D eigenvalue weighted by Gasteiger charge is -2.28. The highest BCUT2D eigenvalue weighted by Gasteiger charge is 2.37. The van der Waals surface area contributed by atoms with E-state index in [9.17, 15) is 9.90 Å². The first-order chi connectivity index (χ1) is 20.4. The number of benzene rings is 1. The van der Waals surface area contributed by atoms with Crippen molar-refractivity contribution in [1.82, 2.24) is 9.88 Å². The summed E-state index contributed by atoms with van der Waals surface area (Å²) in [5, 5.41) is 13.7. The number of carboxylic acids is 1. The van der Waals surface area contributed by atoms with Crippen LogP contribution in [0.1, 0.15) is 73.4 Å². The number of fused-ring (bicyclic) bond motifs is 1. The Morgan fingerprint density at radius 2 is 2.10 bits per heavy atom. The summed E-state index contributed by atoms with van der Waals surface area (Å²) in [5.41, 5.74) is 3.75. The molecule has 230 valence electrons. The molecule has 2 fully saturated rings. The van der Waals surface area contributed by atoms with Crippen LogP contribution in [-0.4, -0.2) is 73.2 Å². The molecule has 1 aromatic heterocycles. The molecule has 3 aliphatic rings. The number of carbonyl (C=O) groups is 1. The molecule has 0 saturated carbocycles. The Morgan fingerprint density at radius 1 is 1.26 bits per heavy atom. The molecule has 2 N–H and O–H groups in total. The number of nitrogens with one attached hydrogen (secondary N) is 1. The van der Waals surface area contributed by atoms with E-state index in [0.717, 1.165) is 89.0 Å². The maximum Gasteiger partial charge on any atom is 0.325 e. The van der Waals surface area contributed by atoms with Crippen molar-refractivity contribution in [3.05, 3.63) is 50.2 Å². The minimum absolute atomic E-state index is 0.124. The molecule has 3 aliphatic heterocycles. The van der Waals surface area contributed by atoms with E-state index in [1.165, 1.54) is 0 Å². The molecule has 0 amide bonds. The lowest BCUT2D eigenvalue weighted by molar-refractivity contribution is -0.143. The van der Waals surface area contributed by atoms with Crippen LogP contribution in [-0.2, 0) is 33.7 Å². The van der Waals surface area contributed by atoms with Crippen molar-refractivity contribution in [3.63, 3.8) is 0 Å². The normalized spacial score (nSPS) is 21.0. The highest BCUT2D eigenvalue weighted by molar-refractivity contribution is 14.1. The second-order valence-corrected chi connectivity index (χ2v) is 12.9. The zero-order chi connectivity index (χ0) is 29.5. The van der Waals surface area contributed by atoms with Gasteiger partial charge < -0.3 is 24.6 Å². The molecule has 0 spiro atoms. The molecule has 5 rings (SSSR count). The van der Waals surface area contributed by atoms with Gasteiger partial charge in [0.25, 0.3) is 0 Å². The standard InChI is InChI=1S/C32H43FIN3O5/c1-40-29-18-24(36-31-26(29)6-4-13-35-31)5-2-3-7-28(33)21-10-14-37(19-21)30(32(38)39)27-17-23(34)9-8-22(27)20-42-25-11-15-41-16-12-25/h8-9,17-18,21,25,28,30H,2-7,10-16,19-20H2,1H3,(H,35,36)(H,38,39)/t21?,28-,30-/m1/s1. The predicted octanol–water partition coefficient (Wildman–Crippen LogP) is 5.95. The molecule has 8 nitrogen and oxygen atoms in total. The molecule has 1 aromatic carbocycles. The van der Waals surface area contributed by atoms with Gasteiger partial charge in [0.05, 0.1) is 19.8 Å². The van der Waals surface area contributed by atoms with Crippen LogP contribution in [0.15, 0.2) is 24.3 Å². The van der Waals surface area contributed by atoms with Crippen LogP contribution in [0.4, 0.5) is 10.2 Å². The molecule has 2 saturated heterocycles. The molecule has 3 atom stereocenters. The maximum atomic E-state index is 15.4. The summed E-state index contributed by atoms with van der Waals surface area (Å²) < 4.78 is 33.6. The van der Waals surface area contributed by atoms with Crippen LogP contribution in [0.25, 0.3) is 0 Å². The minimum Gasteiger partial charge on any atom is -0.496 e. The Morgan fingerprint density at radius 3 is 2.88 bits per heavy atom. The average molecular weight is 696 g/mol. The summed E-state index contributed by atoms with van der Waals surface area (Å²) >= 11 is 2.22. The number of halogens is 2. The third-order valence-corrected chi connectivity index (χ3v) is 9.50. The molecule has 0 radical (unpaired) electrons. The van der Waals surface area contributed by atoms with E-state index in [0.29, 0.717) is 45.8 Å². The van der Waals surface area contributed by atoms with Gasteiger partial charge >= 0.3 is 5.97 Å². The van der Waals surface area contributed by atoms with E-state index >= 15 is 4.39 Å². The van der Waals surface area contributed by atoms with Gasteiger partial charge in [-0.2, -0.15) is 0 Å². The third-order valence-electron chi connectivity index (χ3n) is 8.83. The fraction of sp³-hybridized carbons (Fsp3) is 0.625. The number of rotatable bonds is 13. The average Bonchev–Trinajstić information content (AvgIpc) is 3.48. The number of alkyl halides is 1. The Kier molecular flexibility index (Phi) is 11.3. The molecule has 42 heavy (non-hydrogen) atoms. The Labute approximate surface area is 261 Å². The summed E-state index contributed by atoms with van der Waals surface area (Å²) in [6.45, 7) is 3.69. The number of aryl methyl sites for hydroxylation is 1. The number of unbranched alkanes of at least 4 members (excludes halogenated alkanes) is 1. The molecule has 2 aromatic rings. The quantitative estimate of drug-likeness (QED) is 0.197. The van der Waals surface area contributed by atoms with Crippen LogP contribution in [0, 0.1) is 9.49 Å². The first-order valence-corrected chi connectivity index (χ1v) is 16.4. The van der Waals surface area contributed by atoms with Crippen LogP contribution in [0.3, 0.4) is 0 Å². The number of methoxy groups -OCH3 is 1. The van der Waals surface area contributed by atoms with E-state index in [-0.39, 0.29) is 12.0 Å². The fourth-order valence-corrected chi connectivity index (χ4v) is 7.00. The summed E-state index contributed by atoms with van der Waals surface area (Å²) in [6.07, 6.45) is 6.45. The highest BCUT2D eigenvalue weighted by Crippen LogP contribution is 2.35. The predicted molar refractivity (Wildman–Crippen MR) is 168 cm³/mol. The van der Waals surface area contributed by atoms with Gasteiger partial charge in [-0.15, -0.1) is 0 Å². The van der Waals surface area contributed by atoms with Crippen LogP contribution in [0.2, 0.25) is 0 Å². The highest BCUT2D eigenvalue weighted by atomic mass is 127. The molecule has 0 bridgehead atoms. The van der Waals surface area contributed by atoms with Gasteiger partial charge in [-0.25, -0.2) is 9.37 Å². The van der Waals surface area contributed by atoms with Crippen molar-refractivity contribution in [2.45, 2.75) is 82.7 Å². The Bertz CT molecular complexity index is 1190. The third kappa shape index (κ3) is 7.92. The summed E-state index contributed by atoms with van der Waals surface area (Å²) in [5.74, 6) is 0.742. The van der Waals surface area contributed by atoms with Gasteiger partial charge in [0.1, 0.15) is 23.8 Å². The van der Waals surface area contributed by atoms with E-state index in [2.05, 4.69) is 27.9 Å². The molecular weight excluding hydrogens is 652 g/mol. The van der Waals surface area contributed by atoms with Gasteiger partial charge in [-0.3, -0.25) is 9.69 Å². The number of nitrogens with zero attached hydrogens (tertiary/aromatic N) is 2. The lowest BCUT2D eigenvalue weighted by atomic mass is 9.96. The van der Waals surface area contributed by atoms with Crippen molar-refractivity contribution in [3.8, 4) is 5.75 Å². The van der Waals surface area contributed by atoms with Crippen LogP contribution in [0.5, 0.6) is 5.75 Å². The molecule has 0 aliphatic carbocycles. The monoisotopic (exact) mass is 695 g/mol. The van der Waals surface area contributed by atoms with E-state index in [1.54, 1.807) is 7.11 Å². The van der Waals surface area contributed by atoms with E-state index in [4.69, 9.17) is 19.2 Å². The van der Waals surface area contributed by atoms with Gasteiger partial charge in [-0.1, -0.05) is 12.5 Å². The summed E-state index contributed by atoms with van der Waals surface area (Å²) in [7, 11) is 1.70. The topological polar surface area (TPSA) is 93.2 Å². The Balaban J connectivity index is 1.15.